The van der Waals surface area contributed by atoms with Gasteiger partial charge in [-0.1, -0.05) is 12.8 Å². The molecule has 5 nitrogen and oxygen atoms in total. The van der Waals surface area contributed by atoms with E-state index < -0.39 is 0 Å². The second-order valence-corrected chi connectivity index (χ2v) is 5.31. The van der Waals surface area contributed by atoms with E-state index in [-0.39, 0.29) is 0 Å². The number of ether oxygens (including phenoxy) is 1. The van der Waals surface area contributed by atoms with Gasteiger partial charge in [0, 0.05) is 46.9 Å². The van der Waals surface area contributed by atoms with E-state index in [0.717, 1.165) is 51.1 Å². The van der Waals surface area contributed by atoms with Crippen LogP contribution in [-0.2, 0) is 4.74 Å². The summed E-state index contributed by atoms with van der Waals surface area (Å²) in [6, 6.07) is 0. The number of methoxy groups -OCH3 is 1. The molecule has 1 rings (SSSR count). The quantitative estimate of drug-likeness (QED) is 0.352. The van der Waals surface area contributed by atoms with Crippen molar-refractivity contribution in [3.05, 3.63) is 0 Å². The first kappa shape index (κ1) is 16.2. The fourth-order valence-electron chi connectivity index (χ4n) is 1.98. The van der Waals surface area contributed by atoms with E-state index in [2.05, 4.69) is 27.6 Å². The van der Waals surface area contributed by atoms with Crippen molar-refractivity contribution in [2.75, 3.05) is 54.0 Å². The van der Waals surface area contributed by atoms with Gasteiger partial charge >= 0.3 is 0 Å². The van der Waals surface area contributed by atoms with Crippen molar-refractivity contribution < 1.29 is 4.74 Å². The highest BCUT2D eigenvalue weighted by atomic mass is 16.5. The van der Waals surface area contributed by atoms with E-state index in [1.54, 1.807) is 7.11 Å². The van der Waals surface area contributed by atoms with Crippen LogP contribution < -0.4 is 10.6 Å². The number of rotatable bonds is 10. The minimum Gasteiger partial charge on any atom is -0.385 e. The fourth-order valence-corrected chi connectivity index (χ4v) is 1.98. The third-order valence-corrected chi connectivity index (χ3v) is 3.44. The summed E-state index contributed by atoms with van der Waals surface area (Å²) in [5, 5.41) is 6.72. The van der Waals surface area contributed by atoms with Gasteiger partial charge in [0.1, 0.15) is 0 Å². The van der Waals surface area contributed by atoms with E-state index in [0.29, 0.717) is 0 Å². The van der Waals surface area contributed by atoms with Crippen LogP contribution in [0.2, 0.25) is 0 Å². The second-order valence-electron chi connectivity index (χ2n) is 5.31. The summed E-state index contributed by atoms with van der Waals surface area (Å²) in [6.07, 6.45) is 5.19. The van der Waals surface area contributed by atoms with Gasteiger partial charge in [0.2, 0.25) is 0 Å². The largest absolute Gasteiger partial charge is 0.385 e. The number of likely N-dealkylation sites (N-methyl/N-ethyl adjacent to an activating group) is 1. The van der Waals surface area contributed by atoms with E-state index in [1.807, 2.05) is 7.05 Å². The number of hydrogen-bond donors (Lipinski definition) is 2. The van der Waals surface area contributed by atoms with Crippen LogP contribution in [0.1, 0.15) is 25.7 Å². The summed E-state index contributed by atoms with van der Waals surface area (Å²) in [4.78, 5) is 6.54. The van der Waals surface area contributed by atoms with Crippen molar-refractivity contribution in [2.24, 2.45) is 10.9 Å². The first-order valence-electron chi connectivity index (χ1n) is 7.38. The van der Waals surface area contributed by atoms with Gasteiger partial charge in [-0.05, 0) is 25.8 Å². The molecule has 0 aromatic heterocycles. The van der Waals surface area contributed by atoms with E-state index >= 15 is 0 Å². The Kier molecular flexibility index (Phi) is 8.58. The normalized spacial score (nSPS) is 15.9. The number of guanidine groups is 1. The van der Waals surface area contributed by atoms with Gasteiger partial charge in [0.15, 0.2) is 5.96 Å². The van der Waals surface area contributed by atoms with Crippen molar-refractivity contribution in [3.8, 4) is 0 Å². The molecule has 1 saturated carbocycles. The molecule has 0 radical (unpaired) electrons. The van der Waals surface area contributed by atoms with Crippen molar-refractivity contribution in [1.82, 2.24) is 15.5 Å². The maximum absolute atomic E-state index is 5.05. The highest BCUT2D eigenvalue weighted by Gasteiger charge is 2.20. The highest BCUT2D eigenvalue weighted by molar-refractivity contribution is 5.79. The lowest BCUT2D eigenvalue weighted by Gasteiger charge is -2.18. The molecule has 2 N–H and O–H groups in total. The zero-order chi connectivity index (χ0) is 13.9. The number of aliphatic imine (C=N–C) groups is 1. The Morgan fingerprint density at radius 3 is 2.63 bits per heavy atom. The highest BCUT2D eigenvalue weighted by Crippen LogP contribution is 2.31. The first-order chi connectivity index (χ1) is 9.26. The SMILES string of the molecule is CN=C(NCCC1CC1)NCCN(C)CCCOC. The topological polar surface area (TPSA) is 48.9 Å². The number of nitrogens with one attached hydrogen (secondary N) is 2. The summed E-state index contributed by atoms with van der Waals surface area (Å²) >= 11 is 0. The molecular formula is C14H30N4O. The summed E-state index contributed by atoms with van der Waals surface area (Å²) < 4.78 is 5.05. The number of nitrogens with zero attached hydrogens (tertiary/aromatic N) is 2. The molecule has 0 atom stereocenters. The Labute approximate surface area is 117 Å². The average Bonchev–Trinajstić information content (AvgIpc) is 3.21. The van der Waals surface area contributed by atoms with Crippen LogP contribution in [-0.4, -0.2) is 64.9 Å². The smallest absolute Gasteiger partial charge is 0.191 e. The molecular weight excluding hydrogens is 240 g/mol. The van der Waals surface area contributed by atoms with Crippen LogP contribution in [0.15, 0.2) is 4.99 Å². The molecule has 0 saturated heterocycles. The predicted molar refractivity (Wildman–Crippen MR) is 80.7 cm³/mol. The van der Waals surface area contributed by atoms with Gasteiger partial charge in [-0.25, -0.2) is 0 Å². The Balaban J connectivity index is 1.98. The maximum atomic E-state index is 5.05. The Hall–Kier alpha value is -0.810. The van der Waals surface area contributed by atoms with Gasteiger partial charge in [0.25, 0.3) is 0 Å². The molecule has 0 unspecified atom stereocenters. The second kappa shape index (κ2) is 10.0. The van der Waals surface area contributed by atoms with Crippen LogP contribution in [0.5, 0.6) is 0 Å². The molecule has 0 bridgehead atoms. The number of hydrogen-bond acceptors (Lipinski definition) is 3. The predicted octanol–water partition coefficient (Wildman–Crippen LogP) is 0.920. The molecule has 1 fully saturated rings. The minimum atomic E-state index is 0.835. The van der Waals surface area contributed by atoms with Crippen molar-refractivity contribution in [2.45, 2.75) is 25.7 Å². The summed E-state index contributed by atoms with van der Waals surface area (Å²) in [6.45, 7) is 4.89. The van der Waals surface area contributed by atoms with Crippen molar-refractivity contribution in [1.29, 1.82) is 0 Å². The molecule has 19 heavy (non-hydrogen) atoms. The zero-order valence-electron chi connectivity index (χ0n) is 12.7. The van der Waals surface area contributed by atoms with E-state index in [1.165, 1.54) is 19.3 Å². The van der Waals surface area contributed by atoms with Crippen LogP contribution >= 0.6 is 0 Å². The molecule has 0 spiro atoms. The van der Waals surface area contributed by atoms with Crippen molar-refractivity contribution in [3.63, 3.8) is 0 Å². The molecule has 112 valence electrons. The Morgan fingerprint density at radius 2 is 2.00 bits per heavy atom. The lowest BCUT2D eigenvalue weighted by atomic mass is 10.3. The zero-order valence-corrected chi connectivity index (χ0v) is 12.7. The average molecular weight is 270 g/mol. The van der Waals surface area contributed by atoms with Crippen LogP contribution in [0, 0.1) is 5.92 Å². The van der Waals surface area contributed by atoms with Crippen LogP contribution in [0.25, 0.3) is 0 Å². The first-order valence-corrected chi connectivity index (χ1v) is 7.38. The Bertz CT molecular complexity index is 254. The molecule has 1 aliphatic carbocycles. The molecule has 0 heterocycles. The van der Waals surface area contributed by atoms with E-state index in [9.17, 15) is 0 Å². The Morgan fingerprint density at radius 1 is 1.26 bits per heavy atom. The molecule has 0 aromatic carbocycles. The maximum Gasteiger partial charge on any atom is 0.191 e. The molecule has 5 heteroatoms. The van der Waals surface area contributed by atoms with Crippen molar-refractivity contribution >= 4 is 5.96 Å². The molecule has 1 aliphatic rings. The van der Waals surface area contributed by atoms with Gasteiger partial charge in [-0.3, -0.25) is 4.99 Å². The lowest BCUT2D eigenvalue weighted by molar-refractivity contribution is 0.180. The summed E-state index contributed by atoms with van der Waals surface area (Å²) in [7, 11) is 5.72. The van der Waals surface area contributed by atoms with Crippen LogP contribution in [0.4, 0.5) is 0 Å². The summed E-state index contributed by atoms with van der Waals surface area (Å²) in [5.74, 6) is 1.89. The monoisotopic (exact) mass is 270 g/mol. The van der Waals surface area contributed by atoms with Gasteiger partial charge in [0.05, 0.1) is 0 Å². The molecule has 0 amide bonds. The third-order valence-electron chi connectivity index (χ3n) is 3.44. The lowest BCUT2D eigenvalue weighted by Crippen LogP contribution is -2.41. The summed E-state index contributed by atoms with van der Waals surface area (Å²) in [5.41, 5.74) is 0. The standard InChI is InChI=1S/C14H30N4O/c1-15-14(16-8-7-13-5-6-13)17-9-11-18(2)10-4-12-19-3/h13H,4-12H2,1-3H3,(H2,15,16,17). The fraction of sp³-hybridized carbons (Fsp3) is 0.929. The third kappa shape index (κ3) is 8.83. The van der Waals surface area contributed by atoms with Crippen LogP contribution in [0.3, 0.4) is 0 Å². The van der Waals surface area contributed by atoms with E-state index in [4.69, 9.17) is 4.74 Å². The van der Waals surface area contributed by atoms with Gasteiger partial charge < -0.3 is 20.3 Å². The molecule has 0 aliphatic heterocycles. The van der Waals surface area contributed by atoms with Gasteiger partial charge in [-0.2, -0.15) is 0 Å². The van der Waals surface area contributed by atoms with Gasteiger partial charge in [-0.15, -0.1) is 0 Å². The molecule has 0 aromatic rings. The minimum absolute atomic E-state index is 0.835.